The van der Waals surface area contributed by atoms with Crippen molar-refractivity contribution in [2.75, 3.05) is 6.61 Å². The zero-order valence-electron chi connectivity index (χ0n) is 20.0. The zero-order valence-corrected chi connectivity index (χ0v) is 20.0. The number of aromatic nitrogens is 1. The minimum absolute atomic E-state index is 0.00247. The normalized spacial score (nSPS) is 26.4. The summed E-state index contributed by atoms with van der Waals surface area (Å²) >= 11 is 0. The number of carboxylic acids is 1. The Morgan fingerprint density at radius 1 is 1.18 bits per heavy atom. The second-order valence-corrected chi connectivity index (χ2v) is 10.2. The predicted octanol–water partition coefficient (Wildman–Crippen LogP) is 6.19. The highest BCUT2D eigenvalue weighted by Gasteiger charge is 2.55. The van der Waals surface area contributed by atoms with Crippen LogP contribution in [0.1, 0.15) is 67.6 Å². The SMILES string of the molecule is C=C/C=C(/O)c1c(C)n(-c2ccc(F)c(C)c2)c2c1[C@]1(CC[C@](F)(C(=O)O)CC1)OCC2(C)C. The molecule has 1 aliphatic heterocycles. The van der Waals surface area contributed by atoms with E-state index in [9.17, 15) is 19.4 Å². The number of carboxylic acid groups (broad SMARTS) is 1. The van der Waals surface area contributed by atoms with Gasteiger partial charge < -0.3 is 19.5 Å². The summed E-state index contributed by atoms with van der Waals surface area (Å²) in [6.45, 7) is 11.7. The van der Waals surface area contributed by atoms with Crippen LogP contribution < -0.4 is 0 Å². The van der Waals surface area contributed by atoms with E-state index in [4.69, 9.17) is 4.74 Å². The molecule has 0 saturated heterocycles. The summed E-state index contributed by atoms with van der Waals surface area (Å²) in [4.78, 5) is 11.5. The van der Waals surface area contributed by atoms with Crippen molar-refractivity contribution in [1.82, 2.24) is 4.57 Å². The fourth-order valence-electron chi connectivity index (χ4n) is 5.49. The molecular formula is C27H31F2NO4. The fourth-order valence-corrected chi connectivity index (χ4v) is 5.49. The predicted molar refractivity (Wildman–Crippen MR) is 127 cm³/mol. The number of halogens is 2. The van der Waals surface area contributed by atoms with E-state index in [1.165, 1.54) is 18.2 Å². The highest BCUT2D eigenvalue weighted by molar-refractivity contribution is 5.78. The number of hydrogen-bond donors (Lipinski definition) is 2. The Bertz CT molecular complexity index is 1200. The molecule has 1 spiro atoms. The fraction of sp³-hybridized carbons (Fsp3) is 0.444. The lowest BCUT2D eigenvalue weighted by atomic mass is 9.68. The lowest BCUT2D eigenvalue weighted by molar-refractivity contribution is -0.165. The van der Waals surface area contributed by atoms with Gasteiger partial charge in [-0.3, -0.25) is 0 Å². The van der Waals surface area contributed by atoms with E-state index in [2.05, 4.69) is 6.58 Å². The van der Waals surface area contributed by atoms with Crippen LogP contribution in [0, 0.1) is 19.7 Å². The van der Waals surface area contributed by atoms with Gasteiger partial charge in [0, 0.05) is 33.6 Å². The first-order valence-electron chi connectivity index (χ1n) is 11.5. The number of aliphatic hydroxyl groups excluding tert-OH is 1. The minimum atomic E-state index is -2.30. The van der Waals surface area contributed by atoms with Crippen molar-refractivity contribution in [2.24, 2.45) is 0 Å². The molecule has 1 aromatic heterocycles. The van der Waals surface area contributed by atoms with Crippen LogP contribution in [0.4, 0.5) is 8.78 Å². The summed E-state index contributed by atoms with van der Waals surface area (Å²) < 4.78 is 37.6. The molecule has 2 aromatic rings. The molecule has 1 fully saturated rings. The molecule has 4 rings (SSSR count). The molecule has 34 heavy (non-hydrogen) atoms. The monoisotopic (exact) mass is 471 g/mol. The van der Waals surface area contributed by atoms with E-state index >= 15 is 4.39 Å². The lowest BCUT2D eigenvalue weighted by Gasteiger charge is -2.48. The van der Waals surface area contributed by atoms with Gasteiger partial charge in [0.05, 0.1) is 12.2 Å². The molecule has 2 heterocycles. The van der Waals surface area contributed by atoms with Gasteiger partial charge >= 0.3 is 5.97 Å². The van der Waals surface area contributed by atoms with Gasteiger partial charge in [-0.05, 0) is 69.4 Å². The number of hydrogen-bond acceptors (Lipinski definition) is 3. The molecule has 1 aliphatic carbocycles. The molecule has 7 heteroatoms. The maximum absolute atomic E-state index is 15.0. The van der Waals surface area contributed by atoms with Gasteiger partial charge in [0.2, 0.25) is 5.67 Å². The molecule has 0 amide bonds. The Morgan fingerprint density at radius 3 is 2.38 bits per heavy atom. The van der Waals surface area contributed by atoms with Crippen molar-refractivity contribution >= 4 is 11.7 Å². The third-order valence-electron chi connectivity index (χ3n) is 7.38. The summed E-state index contributed by atoms with van der Waals surface area (Å²) in [5, 5.41) is 20.5. The van der Waals surface area contributed by atoms with Gasteiger partial charge in [0.15, 0.2) is 0 Å². The number of aliphatic hydroxyl groups is 1. The van der Waals surface area contributed by atoms with E-state index in [-0.39, 0.29) is 37.3 Å². The molecule has 0 atom stereocenters. The van der Waals surface area contributed by atoms with Crippen molar-refractivity contribution in [3.05, 3.63) is 70.8 Å². The topological polar surface area (TPSA) is 71.7 Å². The second-order valence-electron chi connectivity index (χ2n) is 10.2. The maximum atomic E-state index is 15.0. The van der Waals surface area contributed by atoms with Crippen molar-refractivity contribution in [3.63, 3.8) is 0 Å². The summed E-state index contributed by atoms with van der Waals surface area (Å²) in [5.74, 6) is -1.77. The van der Waals surface area contributed by atoms with E-state index in [1.807, 2.05) is 25.3 Å². The molecule has 0 bridgehead atoms. The number of aliphatic carboxylic acids is 1. The highest BCUT2D eigenvalue weighted by atomic mass is 19.1. The van der Waals surface area contributed by atoms with E-state index in [1.54, 1.807) is 19.1 Å². The Morgan fingerprint density at radius 2 is 1.82 bits per heavy atom. The number of aryl methyl sites for hydroxylation is 1. The third kappa shape index (κ3) is 3.57. The number of carbonyl (C=O) groups is 1. The molecular weight excluding hydrogens is 440 g/mol. The van der Waals surface area contributed by atoms with E-state index < -0.39 is 22.7 Å². The molecule has 5 nitrogen and oxygen atoms in total. The van der Waals surface area contributed by atoms with Crippen LogP contribution in [0.3, 0.4) is 0 Å². The maximum Gasteiger partial charge on any atom is 0.341 e. The Balaban J connectivity index is 2.03. The standard InChI is InChI=1S/C27H31F2NO4/c1-6-7-20(31)21-17(3)30(18-8-9-19(28)16(2)14-18)23-22(21)27(34-15-25(23,4)5)12-10-26(29,11-13-27)24(32)33/h6-9,14,31H,1,10-13,15H2,2-5H3,(H,32,33)/b20-7+/t26-,27-. The smallest absolute Gasteiger partial charge is 0.341 e. The van der Waals surface area contributed by atoms with Crippen LogP contribution in [0.5, 0.6) is 0 Å². The number of allylic oxidation sites excluding steroid dienone is 2. The van der Waals surface area contributed by atoms with Gasteiger partial charge in [0.1, 0.15) is 11.6 Å². The van der Waals surface area contributed by atoms with Crippen LogP contribution >= 0.6 is 0 Å². The Kier molecular flexibility index (Phi) is 5.75. The van der Waals surface area contributed by atoms with Crippen LogP contribution in [-0.4, -0.2) is 33.0 Å². The quantitative estimate of drug-likeness (QED) is 0.412. The van der Waals surface area contributed by atoms with Crippen molar-refractivity contribution in [2.45, 2.75) is 70.1 Å². The van der Waals surface area contributed by atoms with Gasteiger partial charge in [-0.15, -0.1) is 0 Å². The average Bonchev–Trinajstić information content (AvgIpc) is 3.10. The molecule has 2 aliphatic rings. The average molecular weight is 472 g/mol. The first-order chi connectivity index (χ1) is 15.9. The molecule has 1 saturated carbocycles. The van der Waals surface area contributed by atoms with Gasteiger partial charge in [-0.2, -0.15) is 0 Å². The van der Waals surface area contributed by atoms with Crippen LogP contribution in [0.15, 0.2) is 36.9 Å². The van der Waals surface area contributed by atoms with Crippen LogP contribution in [0.25, 0.3) is 11.4 Å². The number of benzene rings is 1. The lowest BCUT2D eigenvalue weighted by Crippen LogP contribution is -2.50. The minimum Gasteiger partial charge on any atom is -0.507 e. The molecule has 2 N–H and O–H groups in total. The Labute approximate surface area is 198 Å². The molecule has 1 aromatic carbocycles. The highest BCUT2D eigenvalue weighted by Crippen LogP contribution is 2.55. The number of alkyl halides is 1. The summed E-state index contributed by atoms with van der Waals surface area (Å²) in [5.41, 5.74) is 0.438. The van der Waals surface area contributed by atoms with Crippen molar-refractivity contribution in [1.29, 1.82) is 0 Å². The van der Waals surface area contributed by atoms with Crippen LogP contribution in [-0.2, 0) is 20.5 Å². The zero-order chi connectivity index (χ0) is 25.1. The number of fused-ring (bicyclic) bond motifs is 2. The first-order valence-corrected chi connectivity index (χ1v) is 11.5. The van der Waals surface area contributed by atoms with Gasteiger partial charge in [-0.25, -0.2) is 13.6 Å². The van der Waals surface area contributed by atoms with Gasteiger partial charge in [-0.1, -0.05) is 26.5 Å². The van der Waals surface area contributed by atoms with Crippen molar-refractivity contribution < 1.29 is 28.5 Å². The Hall–Kier alpha value is -2.93. The molecule has 182 valence electrons. The number of nitrogens with zero attached hydrogens (tertiary/aromatic N) is 1. The molecule has 0 unspecified atom stereocenters. The summed E-state index contributed by atoms with van der Waals surface area (Å²) in [6.07, 6.45) is 2.94. The van der Waals surface area contributed by atoms with Gasteiger partial charge in [0.25, 0.3) is 0 Å². The number of rotatable bonds is 4. The van der Waals surface area contributed by atoms with E-state index in [0.29, 0.717) is 17.7 Å². The second kappa shape index (κ2) is 8.08. The summed E-state index contributed by atoms with van der Waals surface area (Å²) in [7, 11) is 0. The first kappa shape index (κ1) is 24.2. The third-order valence-corrected chi connectivity index (χ3v) is 7.38. The molecule has 0 radical (unpaired) electrons. The summed E-state index contributed by atoms with van der Waals surface area (Å²) in [6, 6.07) is 4.88. The van der Waals surface area contributed by atoms with Crippen molar-refractivity contribution in [3.8, 4) is 5.69 Å². The van der Waals surface area contributed by atoms with E-state index in [0.717, 1.165) is 22.6 Å². The largest absolute Gasteiger partial charge is 0.507 e. The number of ether oxygens (including phenoxy) is 1. The van der Waals surface area contributed by atoms with Crippen LogP contribution in [0.2, 0.25) is 0 Å².